The fourth-order valence-corrected chi connectivity index (χ4v) is 2.41. The van der Waals surface area contributed by atoms with Gasteiger partial charge in [0.1, 0.15) is 6.54 Å². The highest BCUT2D eigenvalue weighted by Crippen LogP contribution is 2.21. The van der Waals surface area contributed by atoms with E-state index in [1.54, 1.807) is 12.1 Å². The quantitative estimate of drug-likeness (QED) is 0.922. The van der Waals surface area contributed by atoms with E-state index in [1.807, 2.05) is 44.2 Å². The predicted octanol–water partition coefficient (Wildman–Crippen LogP) is 3.95. The smallest absolute Gasteiger partial charge is 0.244 e. The van der Waals surface area contributed by atoms with Crippen LogP contribution < -0.4 is 10.2 Å². The zero-order chi connectivity index (χ0) is 17.0. The summed E-state index contributed by atoms with van der Waals surface area (Å²) in [6.45, 7) is 5.22. The molecule has 0 aliphatic rings. The van der Waals surface area contributed by atoms with E-state index in [0.717, 1.165) is 11.1 Å². The minimum absolute atomic E-state index is 0.0509. The Bertz CT molecular complexity index is 744. The van der Waals surface area contributed by atoms with Gasteiger partial charge in [0.05, 0.1) is 0 Å². The lowest BCUT2D eigenvalue weighted by molar-refractivity contribution is -0.120. The van der Waals surface area contributed by atoms with Crippen molar-refractivity contribution in [2.45, 2.75) is 20.8 Å². The first-order chi connectivity index (χ1) is 10.9. The van der Waals surface area contributed by atoms with Crippen LogP contribution in [0.1, 0.15) is 18.1 Å². The van der Waals surface area contributed by atoms with Crippen molar-refractivity contribution in [1.29, 1.82) is 0 Å². The highest BCUT2D eigenvalue weighted by atomic mass is 35.5. The Hall–Kier alpha value is -2.33. The number of hydrogen-bond donors (Lipinski definition) is 1. The van der Waals surface area contributed by atoms with E-state index in [9.17, 15) is 9.59 Å². The van der Waals surface area contributed by atoms with Crippen LogP contribution in [0.3, 0.4) is 0 Å². The summed E-state index contributed by atoms with van der Waals surface area (Å²) in [7, 11) is 0. The maximum Gasteiger partial charge on any atom is 0.244 e. The molecule has 2 aromatic rings. The highest BCUT2D eigenvalue weighted by molar-refractivity contribution is 6.31. The average Bonchev–Trinajstić information content (AvgIpc) is 2.48. The number of carbonyl (C=O) groups is 2. The van der Waals surface area contributed by atoms with Crippen molar-refractivity contribution in [3.8, 4) is 0 Å². The molecule has 0 unspecified atom stereocenters. The molecule has 2 rings (SSSR count). The average molecular weight is 331 g/mol. The normalized spacial score (nSPS) is 10.3. The number of carbonyl (C=O) groups excluding carboxylic acids is 2. The number of benzene rings is 2. The van der Waals surface area contributed by atoms with Crippen molar-refractivity contribution in [2.75, 3.05) is 16.8 Å². The molecule has 2 aromatic carbocycles. The van der Waals surface area contributed by atoms with Crippen LogP contribution in [0.4, 0.5) is 11.4 Å². The van der Waals surface area contributed by atoms with Gasteiger partial charge >= 0.3 is 0 Å². The van der Waals surface area contributed by atoms with E-state index in [4.69, 9.17) is 11.6 Å². The van der Waals surface area contributed by atoms with Gasteiger partial charge in [-0.1, -0.05) is 29.8 Å². The summed E-state index contributed by atoms with van der Waals surface area (Å²) in [5.41, 5.74) is 3.29. The molecule has 0 aromatic heterocycles. The lowest BCUT2D eigenvalue weighted by atomic mass is 10.2. The first kappa shape index (κ1) is 17.0. The standard InChI is InChI=1S/C18H19ClN2O2/c1-12-5-4-6-16(9-12)21(14(3)22)11-18(23)20-17-10-15(19)8-7-13(17)2/h4-10H,11H2,1-3H3,(H,20,23). The number of nitrogens with one attached hydrogen (secondary N) is 1. The molecule has 0 atom stereocenters. The molecule has 2 amide bonds. The van der Waals surface area contributed by atoms with E-state index >= 15 is 0 Å². The van der Waals surface area contributed by atoms with Gasteiger partial charge < -0.3 is 10.2 Å². The zero-order valence-electron chi connectivity index (χ0n) is 13.4. The van der Waals surface area contributed by atoms with Gasteiger partial charge in [-0.25, -0.2) is 0 Å². The monoisotopic (exact) mass is 330 g/mol. The van der Waals surface area contributed by atoms with Gasteiger partial charge in [0, 0.05) is 23.3 Å². The van der Waals surface area contributed by atoms with Crippen molar-refractivity contribution in [2.24, 2.45) is 0 Å². The second-order valence-corrected chi connectivity index (χ2v) is 5.89. The third-order valence-corrected chi connectivity index (χ3v) is 3.70. The summed E-state index contributed by atoms with van der Waals surface area (Å²) in [5.74, 6) is -0.458. The molecule has 0 aliphatic carbocycles. The number of hydrogen-bond acceptors (Lipinski definition) is 2. The summed E-state index contributed by atoms with van der Waals surface area (Å²) < 4.78 is 0. The molecule has 0 heterocycles. The van der Waals surface area contributed by atoms with Crippen LogP contribution in [0.2, 0.25) is 5.02 Å². The van der Waals surface area contributed by atoms with Gasteiger partial charge in [-0.05, 0) is 49.2 Å². The van der Waals surface area contributed by atoms with Crippen molar-refractivity contribution in [3.63, 3.8) is 0 Å². The molecule has 1 N–H and O–H groups in total. The number of anilines is 2. The Morgan fingerprint density at radius 3 is 2.52 bits per heavy atom. The van der Waals surface area contributed by atoms with Crippen LogP contribution in [0.25, 0.3) is 0 Å². The largest absolute Gasteiger partial charge is 0.324 e. The van der Waals surface area contributed by atoms with Crippen LogP contribution in [0.5, 0.6) is 0 Å². The van der Waals surface area contributed by atoms with Crippen LogP contribution in [0, 0.1) is 13.8 Å². The molecular weight excluding hydrogens is 312 g/mol. The summed E-state index contributed by atoms with van der Waals surface area (Å²) in [4.78, 5) is 25.6. The number of nitrogens with zero attached hydrogens (tertiary/aromatic N) is 1. The first-order valence-electron chi connectivity index (χ1n) is 7.27. The summed E-state index contributed by atoms with van der Waals surface area (Å²) in [6, 6.07) is 12.8. The SMILES string of the molecule is CC(=O)N(CC(=O)Nc1cc(Cl)ccc1C)c1cccc(C)c1. The number of amides is 2. The van der Waals surface area contributed by atoms with Crippen LogP contribution in [-0.4, -0.2) is 18.4 Å². The number of aryl methyl sites for hydroxylation is 2. The lowest BCUT2D eigenvalue weighted by Gasteiger charge is -2.21. The number of halogens is 1. The molecule has 0 radical (unpaired) electrons. The summed E-state index contributed by atoms with van der Waals surface area (Å²) in [6.07, 6.45) is 0. The van der Waals surface area contributed by atoms with E-state index in [0.29, 0.717) is 16.4 Å². The molecule has 0 aliphatic heterocycles. The Balaban J connectivity index is 2.15. The van der Waals surface area contributed by atoms with E-state index in [2.05, 4.69) is 5.32 Å². The van der Waals surface area contributed by atoms with Gasteiger partial charge in [0.2, 0.25) is 11.8 Å². The molecule has 120 valence electrons. The third-order valence-electron chi connectivity index (χ3n) is 3.47. The third kappa shape index (κ3) is 4.57. The topological polar surface area (TPSA) is 49.4 Å². The fraction of sp³-hybridized carbons (Fsp3) is 0.222. The van der Waals surface area contributed by atoms with E-state index in [1.165, 1.54) is 11.8 Å². The molecule has 0 saturated carbocycles. The Labute approximate surface area is 141 Å². The predicted molar refractivity (Wildman–Crippen MR) is 94.0 cm³/mol. The lowest BCUT2D eigenvalue weighted by Crippen LogP contribution is -2.36. The van der Waals surface area contributed by atoms with Gasteiger partial charge in [0.15, 0.2) is 0 Å². The molecule has 0 spiro atoms. The molecule has 0 saturated heterocycles. The molecule has 0 fully saturated rings. The van der Waals surface area contributed by atoms with Crippen molar-refractivity contribution in [3.05, 3.63) is 58.6 Å². The second kappa shape index (κ2) is 7.29. The maximum absolute atomic E-state index is 12.3. The fourth-order valence-electron chi connectivity index (χ4n) is 2.24. The van der Waals surface area contributed by atoms with Crippen molar-refractivity contribution < 1.29 is 9.59 Å². The molecule has 4 nitrogen and oxygen atoms in total. The Morgan fingerprint density at radius 2 is 1.87 bits per heavy atom. The van der Waals surface area contributed by atoms with Crippen LogP contribution >= 0.6 is 11.6 Å². The van der Waals surface area contributed by atoms with Crippen molar-refractivity contribution >= 4 is 34.8 Å². The molecule has 23 heavy (non-hydrogen) atoms. The Morgan fingerprint density at radius 1 is 1.13 bits per heavy atom. The second-order valence-electron chi connectivity index (χ2n) is 5.45. The molecule has 5 heteroatoms. The van der Waals surface area contributed by atoms with E-state index in [-0.39, 0.29) is 18.4 Å². The van der Waals surface area contributed by atoms with Gasteiger partial charge in [-0.15, -0.1) is 0 Å². The number of rotatable bonds is 4. The van der Waals surface area contributed by atoms with Crippen LogP contribution in [0.15, 0.2) is 42.5 Å². The van der Waals surface area contributed by atoms with E-state index < -0.39 is 0 Å². The molecular formula is C18H19ClN2O2. The van der Waals surface area contributed by atoms with Gasteiger partial charge in [0.25, 0.3) is 0 Å². The maximum atomic E-state index is 12.3. The zero-order valence-corrected chi connectivity index (χ0v) is 14.1. The first-order valence-corrected chi connectivity index (χ1v) is 7.65. The van der Waals surface area contributed by atoms with Crippen molar-refractivity contribution in [1.82, 2.24) is 0 Å². The van der Waals surface area contributed by atoms with Gasteiger partial charge in [-0.2, -0.15) is 0 Å². The Kier molecular flexibility index (Phi) is 5.40. The summed E-state index contributed by atoms with van der Waals surface area (Å²) in [5, 5.41) is 3.35. The summed E-state index contributed by atoms with van der Waals surface area (Å²) >= 11 is 5.95. The van der Waals surface area contributed by atoms with Crippen LogP contribution in [-0.2, 0) is 9.59 Å². The van der Waals surface area contributed by atoms with Gasteiger partial charge in [-0.3, -0.25) is 9.59 Å². The highest BCUT2D eigenvalue weighted by Gasteiger charge is 2.16. The molecule has 0 bridgehead atoms. The minimum atomic E-state index is -0.271. The minimum Gasteiger partial charge on any atom is -0.324 e.